The summed E-state index contributed by atoms with van der Waals surface area (Å²) in [5.41, 5.74) is 0. The highest BCUT2D eigenvalue weighted by Crippen LogP contribution is 2.27. The molecule has 1 N–H and O–H groups in total. The highest BCUT2D eigenvalue weighted by atomic mass is 16.5. The Morgan fingerprint density at radius 2 is 2.12 bits per heavy atom. The van der Waals surface area contributed by atoms with E-state index in [0.29, 0.717) is 12.1 Å². The van der Waals surface area contributed by atoms with Gasteiger partial charge in [-0.25, -0.2) is 0 Å². The Labute approximate surface area is 102 Å². The summed E-state index contributed by atoms with van der Waals surface area (Å²) < 4.78 is 7.68. The number of nitrogens with zero attached hydrogens (tertiary/aromatic N) is 3. The molecule has 5 nitrogen and oxygen atoms in total. The van der Waals surface area contributed by atoms with Gasteiger partial charge in [-0.2, -0.15) is 0 Å². The van der Waals surface area contributed by atoms with Crippen molar-refractivity contribution in [3.63, 3.8) is 0 Å². The molecule has 0 radical (unpaired) electrons. The molecule has 5 heteroatoms. The van der Waals surface area contributed by atoms with E-state index in [-0.39, 0.29) is 0 Å². The normalized spacial score (nSPS) is 27.2. The largest absolute Gasteiger partial charge is 0.381 e. The van der Waals surface area contributed by atoms with Gasteiger partial charge in [0.15, 0.2) is 0 Å². The van der Waals surface area contributed by atoms with E-state index in [1.165, 1.54) is 19.3 Å². The van der Waals surface area contributed by atoms with Gasteiger partial charge in [0.05, 0.1) is 6.04 Å². The number of aromatic nitrogens is 3. The van der Waals surface area contributed by atoms with Crippen molar-refractivity contribution < 1.29 is 4.74 Å². The molecule has 2 saturated heterocycles. The van der Waals surface area contributed by atoms with Crippen molar-refractivity contribution >= 4 is 0 Å². The molecule has 0 amide bonds. The van der Waals surface area contributed by atoms with Crippen LogP contribution in [0.5, 0.6) is 0 Å². The Balaban J connectivity index is 1.77. The third-order valence-electron chi connectivity index (χ3n) is 3.81. The number of hydrogen-bond donors (Lipinski definition) is 1. The highest BCUT2D eigenvalue weighted by molar-refractivity contribution is 4.99. The lowest BCUT2D eigenvalue weighted by molar-refractivity contribution is 0.0681. The summed E-state index contributed by atoms with van der Waals surface area (Å²) in [7, 11) is 0. The van der Waals surface area contributed by atoms with Crippen molar-refractivity contribution in [3.05, 3.63) is 12.2 Å². The van der Waals surface area contributed by atoms with Gasteiger partial charge in [0.25, 0.3) is 0 Å². The van der Waals surface area contributed by atoms with Crippen molar-refractivity contribution in [2.24, 2.45) is 0 Å². The maximum absolute atomic E-state index is 5.41. The molecule has 2 aliphatic heterocycles. The Bertz CT molecular complexity index is 321. The topological polar surface area (TPSA) is 52.0 Å². The summed E-state index contributed by atoms with van der Waals surface area (Å²) in [4.78, 5) is 0. The van der Waals surface area contributed by atoms with Gasteiger partial charge in [0, 0.05) is 19.3 Å². The Morgan fingerprint density at radius 3 is 2.88 bits per heavy atom. The van der Waals surface area contributed by atoms with Gasteiger partial charge in [-0.05, 0) is 32.2 Å². The lowest BCUT2D eigenvalue weighted by Gasteiger charge is -2.28. The van der Waals surface area contributed by atoms with Gasteiger partial charge in [-0.3, -0.25) is 0 Å². The van der Waals surface area contributed by atoms with Crippen molar-refractivity contribution in [2.75, 3.05) is 19.8 Å². The summed E-state index contributed by atoms with van der Waals surface area (Å²) in [6.07, 6.45) is 7.80. The lowest BCUT2D eigenvalue weighted by atomic mass is 10.0. The molecule has 17 heavy (non-hydrogen) atoms. The summed E-state index contributed by atoms with van der Waals surface area (Å²) in [6.45, 7) is 2.83. The first-order valence-electron chi connectivity index (χ1n) is 6.65. The zero-order valence-electron chi connectivity index (χ0n) is 10.1. The predicted octanol–water partition coefficient (Wildman–Crippen LogP) is 1.44. The van der Waals surface area contributed by atoms with Crippen LogP contribution in [-0.2, 0) is 4.74 Å². The van der Waals surface area contributed by atoms with Crippen molar-refractivity contribution in [2.45, 2.75) is 44.2 Å². The van der Waals surface area contributed by atoms with Gasteiger partial charge < -0.3 is 14.6 Å². The van der Waals surface area contributed by atoms with Crippen LogP contribution >= 0.6 is 0 Å². The molecule has 3 heterocycles. The van der Waals surface area contributed by atoms with Gasteiger partial charge in [0.2, 0.25) is 0 Å². The van der Waals surface area contributed by atoms with Crippen LogP contribution in [0.2, 0.25) is 0 Å². The fourth-order valence-electron chi connectivity index (χ4n) is 2.82. The van der Waals surface area contributed by atoms with Crippen LogP contribution in [-0.4, -0.2) is 34.5 Å². The van der Waals surface area contributed by atoms with Crippen molar-refractivity contribution in [1.82, 2.24) is 20.1 Å². The third-order valence-corrected chi connectivity index (χ3v) is 3.81. The van der Waals surface area contributed by atoms with E-state index in [2.05, 4.69) is 20.1 Å². The summed E-state index contributed by atoms with van der Waals surface area (Å²) in [6, 6.07) is 0.923. The Kier molecular flexibility index (Phi) is 3.38. The molecule has 0 bridgehead atoms. The molecule has 1 unspecified atom stereocenters. The Morgan fingerprint density at radius 1 is 1.24 bits per heavy atom. The molecule has 0 spiro atoms. The van der Waals surface area contributed by atoms with Crippen LogP contribution in [0.15, 0.2) is 6.33 Å². The summed E-state index contributed by atoms with van der Waals surface area (Å²) in [5, 5.41) is 12.0. The number of nitrogens with one attached hydrogen (secondary N) is 1. The van der Waals surface area contributed by atoms with Crippen LogP contribution in [0.3, 0.4) is 0 Å². The number of ether oxygens (including phenoxy) is 1. The van der Waals surface area contributed by atoms with Crippen LogP contribution in [0, 0.1) is 0 Å². The fraction of sp³-hybridized carbons (Fsp3) is 0.833. The van der Waals surface area contributed by atoms with Gasteiger partial charge in [0.1, 0.15) is 12.2 Å². The standard InChI is InChI=1S/C12H20N4O/c1-2-6-13-11(3-1)12-15-14-9-16(12)10-4-7-17-8-5-10/h9-11,13H,1-8H2. The molecule has 1 aromatic heterocycles. The second-order valence-electron chi connectivity index (χ2n) is 4.94. The van der Waals surface area contributed by atoms with Crippen LogP contribution in [0.4, 0.5) is 0 Å². The second kappa shape index (κ2) is 5.14. The zero-order valence-corrected chi connectivity index (χ0v) is 10.1. The molecule has 94 valence electrons. The van der Waals surface area contributed by atoms with E-state index in [1.54, 1.807) is 0 Å². The minimum Gasteiger partial charge on any atom is -0.381 e. The first-order chi connectivity index (χ1) is 8.45. The lowest BCUT2D eigenvalue weighted by Crippen LogP contribution is -2.31. The summed E-state index contributed by atoms with van der Waals surface area (Å²) >= 11 is 0. The maximum atomic E-state index is 5.41. The van der Waals surface area contributed by atoms with Crippen molar-refractivity contribution in [3.8, 4) is 0 Å². The SMILES string of the molecule is c1nnc(C2CCCCN2)n1C1CCOCC1. The van der Waals surface area contributed by atoms with Crippen LogP contribution in [0.25, 0.3) is 0 Å². The first-order valence-corrected chi connectivity index (χ1v) is 6.65. The average molecular weight is 236 g/mol. The van der Waals surface area contributed by atoms with E-state index in [4.69, 9.17) is 4.74 Å². The van der Waals surface area contributed by atoms with Crippen molar-refractivity contribution in [1.29, 1.82) is 0 Å². The van der Waals surface area contributed by atoms with E-state index >= 15 is 0 Å². The molecule has 1 atom stereocenters. The second-order valence-corrected chi connectivity index (χ2v) is 4.94. The van der Waals surface area contributed by atoms with E-state index in [1.807, 2.05) is 6.33 Å². The molecule has 2 fully saturated rings. The monoisotopic (exact) mass is 236 g/mol. The number of rotatable bonds is 2. The molecule has 1 aromatic rings. The molecule has 2 aliphatic rings. The molecular formula is C12H20N4O. The van der Waals surface area contributed by atoms with Crippen LogP contribution < -0.4 is 5.32 Å². The van der Waals surface area contributed by atoms with Crippen LogP contribution in [0.1, 0.15) is 50.0 Å². The van der Waals surface area contributed by atoms with Gasteiger partial charge in [-0.1, -0.05) is 6.42 Å². The minimum absolute atomic E-state index is 0.397. The molecule has 0 aromatic carbocycles. The summed E-state index contributed by atoms with van der Waals surface area (Å²) in [5.74, 6) is 1.12. The highest BCUT2D eigenvalue weighted by Gasteiger charge is 2.24. The van der Waals surface area contributed by atoms with E-state index in [9.17, 15) is 0 Å². The third kappa shape index (κ3) is 2.35. The maximum Gasteiger partial charge on any atom is 0.150 e. The predicted molar refractivity (Wildman–Crippen MR) is 63.7 cm³/mol. The molecule has 3 rings (SSSR count). The molecule has 0 aliphatic carbocycles. The first kappa shape index (κ1) is 11.2. The number of hydrogen-bond acceptors (Lipinski definition) is 4. The fourth-order valence-corrected chi connectivity index (χ4v) is 2.82. The number of piperidine rings is 1. The Hall–Kier alpha value is -0.940. The van der Waals surface area contributed by atoms with E-state index in [0.717, 1.165) is 38.4 Å². The average Bonchev–Trinajstić information content (AvgIpc) is 2.90. The van der Waals surface area contributed by atoms with Gasteiger partial charge in [-0.15, -0.1) is 10.2 Å². The quantitative estimate of drug-likeness (QED) is 0.844. The molecular weight excluding hydrogens is 216 g/mol. The smallest absolute Gasteiger partial charge is 0.150 e. The van der Waals surface area contributed by atoms with E-state index < -0.39 is 0 Å². The molecule has 0 saturated carbocycles. The zero-order chi connectivity index (χ0) is 11.5. The van der Waals surface area contributed by atoms with Gasteiger partial charge >= 0.3 is 0 Å². The minimum atomic E-state index is 0.397.